The van der Waals surface area contributed by atoms with Gasteiger partial charge in [0, 0.05) is 18.9 Å². The minimum absolute atomic E-state index is 0.0700. The molecule has 1 aromatic carbocycles. The molecule has 0 aliphatic carbocycles. The number of nitrogens with zero attached hydrogens (tertiary/aromatic N) is 2. The Bertz CT molecular complexity index is 656. The normalized spacial score (nSPS) is 11.9. The molecule has 1 aromatic heterocycles. The van der Waals surface area contributed by atoms with Crippen LogP contribution in [0.25, 0.3) is 0 Å². The number of ether oxygens (including phenoxy) is 3. The molecule has 6 heteroatoms. The van der Waals surface area contributed by atoms with Crippen LogP contribution in [0.2, 0.25) is 0 Å². The number of methoxy groups -OCH3 is 2. The second-order valence-corrected chi connectivity index (χ2v) is 5.56. The van der Waals surface area contributed by atoms with E-state index in [0.29, 0.717) is 24.7 Å². The van der Waals surface area contributed by atoms with E-state index in [1.807, 2.05) is 38.1 Å². The molecule has 0 radical (unpaired) electrons. The standard InChI is InChI=1S/C18H25N3O3/c1-12-10-18(21-14(3)19-12)20-13(2)15-6-7-16(17(11-15)23-5)24-9-8-22-4/h6-7,10-11,13H,8-9H2,1-5H3,(H,19,20,21)/t13-/m1/s1. The third-order valence-electron chi connectivity index (χ3n) is 3.56. The Hall–Kier alpha value is -2.34. The highest BCUT2D eigenvalue weighted by atomic mass is 16.5. The van der Waals surface area contributed by atoms with Crippen molar-refractivity contribution in [1.82, 2.24) is 9.97 Å². The van der Waals surface area contributed by atoms with Crippen LogP contribution < -0.4 is 14.8 Å². The first-order valence-electron chi connectivity index (χ1n) is 7.92. The van der Waals surface area contributed by atoms with Crippen molar-refractivity contribution in [3.63, 3.8) is 0 Å². The molecular weight excluding hydrogens is 306 g/mol. The van der Waals surface area contributed by atoms with Crippen LogP contribution in [0.1, 0.15) is 30.0 Å². The predicted molar refractivity (Wildman–Crippen MR) is 93.9 cm³/mol. The van der Waals surface area contributed by atoms with E-state index in [0.717, 1.165) is 22.9 Å². The molecule has 0 aliphatic heterocycles. The fourth-order valence-electron chi connectivity index (χ4n) is 2.40. The average molecular weight is 331 g/mol. The lowest BCUT2D eigenvalue weighted by atomic mass is 10.1. The first-order valence-corrected chi connectivity index (χ1v) is 7.92. The van der Waals surface area contributed by atoms with Crippen LogP contribution in [0.15, 0.2) is 24.3 Å². The Morgan fingerprint density at radius 3 is 2.50 bits per heavy atom. The molecule has 2 aromatic rings. The summed E-state index contributed by atoms with van der Waals surface area (Å²) in [4.78, 5) is 8.71. The molecular formula is C18H25N3O3. The van der Waals surface area contributed by atoms with E-state index in [9.17, 15) is 0 Å². The lowest BCUT2D eigenvalue weighted by Gasteiger charge is -2.18. The van der Waals surface area contributed by atoms with E-state index >= 15 is 0 Å². The molecule has 0 bridgehead atoms. The van der Waals surface area contributed by atoms with Crippen molar-refractivity contribution in [2.45, 2.75) is 26.8 Å². The van der Waals surface area contributed by atoms with Crippen molar-refractivity contribution in [1.29, 1.82) is 0 Å². The van der Waals surface area contributed by atoms with E-state index in [2.05, 4.69) is 22.2 Å². The van der Waals surface area contributed by atoms with Gasteiger partial charge < -0.3 is 19.5 Å². The zero-order valence-corrected chi connectivity index (χ0v) is 14.9. The highest BCUT2D eigenvalue weighted by Crippen LogP contribution is 2.31. The summed E-state index contributed by atoms with van der Waals surface area (Å²) in [6.07, 6.45) is 0. The Morgan fingerprint density at radius 2 is 1.83 bits per heavy atom. The van der Waals surface area contributed by atoms with Crippen LogP contribution in [0.3, 0.4) is 0 Å². The number of anilines is 1. The number of nitrogens with one attached hydrogen (secondary N) is 1. The second-order valence-electron chi connectivity index (χ2n) is 5.56. The van der Waals surface area contributed by atoms with Gasteiger partial charge in [0.05, 0.1) is 19.8 Å². The number of aromatic nitrogens is 2. The lowest BCUT2D eigenvalue weighted by molar-refractivity contribution is 0.144. The van der Waals surface area contributed by atoms with E-state index in [-0.39, 0.29) is 6.04 Å². The predicted octanol–water partition coefficient (Wildman–Crippen LogP) is 3.30. The van der Waals surface area contributed by atoms with Gasteiger partial charge in [0.1, 0.15) is 18.2 Å². The van der Waals surface area contributed by atoms with E-state index in [1.54, 1.807) is 14.2 Å². The Morgan fingerprint density at radius 1 is 1.04 bits per heavy atom. The SMILES string of the molecule is COCCOc1ccc([C@@H](C)Nc2cc(C)nc(C)n2)cc1OC. The van der Waals surface area contributed by atoms with E-state index in [1.165, 1.54) is 0 Å². The Labute approximate surface area is 143 Å². The van der Waals surface area contributed by atoms with Crippen LogP contribution in [-0.4, -0.2) is 37.4 Å². The highest BCUT2D eigenvalue weighted by molar-refractivity contribution is 5.46. The van der Waals surface area contributed by atoms with Crippen molar-refractivity contribution in [2.24, 2.45) is 0 Å². The summed E-state index contributed by atoms with van der Waals surface area (Å²) in [6.45, 7) is 6.94. The third kappa shape index (κ3) is 4.83. The van der Waals surface area contributed by atoms with Crippen molar-refractivity contribution in [3.05, 3.63) is 41.3 Å². The highest BCUT2D eigenvalue weighted by Gasteiger charge is 2.12. The third-order valence-corrected chi connectivity index (χ3v) is 3.56. The molecule has 0 fully saturated rings. The fraction of sp³-hybridized carbons (Fsp3) is 0.444. The molecule has 0 spiro atoms. The lowest BCUT2D eigenvalue weighted by Crippen LogP contribution is -2.10. The van der Waals surface area contributed by atoms with Crippen LogP contribution in [0.5, 0.6) is 11.5 Å². The molecule has 0 unspecified atom stereocenters. The van der Waals surface area contributed by atoms with Crippen molar-refractivity contribution in [2.75, 3.05) is 32.8 Å². The van der Waals surface area contributed by atoms with Crippen LogP contribution >= 0.6 is 0 Å². The van der Waals surface area contributed by atoms with E-state index in [4.69, 9.17) is 14.2 Å². The molecule has 1 atom stereocenters. The zero-order valence-electron chi connectivity index (χ0n) is 14.9. The summed E-state index contributed by atoms with van der Waals surface area (Å²) in [5.41, 5.74) is 2.02. The van der Waals surface area contributed by atoms with Crippen molar-refractivity contribution in [3.8, 4) is 11.5 Å². The average Bonchev–Trinajstić information content (AvgIpc) is 2.54. The number of aryl methyl sites for hydroxylation is 2. The minimum Gasteiger partial charge on any atom is -0.493 e. The molecule has 1 heterocycles. The monoisotopic (exact) mass is 331 g/mol. The smallest absolute Gasteiger partial charge is 0.161 e. The fourth-order valence-corrected chi connectivity index (χ4v) is 2.40. The van der Waals surface area contributed by atoms with Gasteiger partial charge in [0.25, 0.3) is 0 Å². The number of rotatable bonds is 8. The van der Waals surface area contributed by atoms with E-state index < -0.39 is 0 Å². The molecule has 0 saturated carbocycles. The number of hydrogen-bond acceptors (Lipinski definition) is 6. The molecule has 2 rings (SSSR count). The van der Waals surface area contributed by atoms with Gasteiger partial charge in [-0.15, -0.1) is 0 Å². The molecule has 0 amide bonds. The molecule has 0 aliphatic rings. The molecule has 1 N–H and O–H groups in total. The van der Waals surface area contributed by atoms with Gasteiger partial charge in [-0.2, -0.15) is 0 Å². The molecule has 0 saturated heterocycles. The summed E-state index contributed by atoms with van der Waals surface area (Å²) < 4.78 is 16.1. The summed E-state index contributed by atoms with van der Waals surface area (Å²) in [5, 5.41) is 3.40. The van der Waals surface area contributed by atoms with Gasteiger partial charge in [-0.25, -0.2) is 9.97 Å². The maximum Gasteiger partial charge on any atom is 0.161 e. The Balaban J connectivity index is 2.12. The number of benzene rings is 1. The van der Waals surface area contributed by atoms with Gasteiger partial charge in [-0.1, -0.05) is 6.07 Å². The molecule has 24 heavy (non-hydrogen) atoms. The maximum absolute atomic E-state index is 5.66. The second kappa shape index (κ2) is 8.49. The van der Waals surface area contributed by atoms with Gasteiger partial charge in [0.2, 0.25) is 0 Å². The topological polar surface area (TPSA) is 65.5 Å². The summed E-state index contributed by atoms with van der Waals surface area (Å²) >= 11 is 0. The minimum atomic E-state index is 0.0700. The molecule has 6 nitrogen and oxygen atoms in total. The maximum atomic E-state index is 5.66. The summed E-state index contributed by atoms with van der Waals surface area (Å²) in [5.74, 6) is 2.97. The first-order chi connectivity index (χ1) is 11.5. The quantitative estimate of drug-likeness (QED) is 0.749. The van der Waals surface area contributed by atoms with Crippen molar-refractivity contribution >= 4 is 5.82 Å². The Kier molecular flexibility index (Phi) is 6.37. The summed E-state index contributed by atoms with van der Waals surface area (Å²) in [6, 6.07) is 7.91. The first kappa shape index (κ1) is 18.0. The van der Waals surface area contributed by atoms with Gasteiger partial charge in [-0.05, 0) is 38.5 Å². The van der Waals surface area contributed by atoms with Crippen molar-refractivity contribution < 1.29 is 14.2 Å². The zero-order chi connectivity index (χ0) is 17.5. The van der Waals surface area contributed by atoms with Crippen LogP contribution in [0.4, 0.5) is 5.82 Å². The van der Waals surface area contributed by atoms with Gasteiger partial charge in [0.15, 0.2) is 11.5 Å². The van der Waals surface area contributed by atoms with Crippen LogP contribution in [-0.2, 0) is 4.74 Å². The summed E-state index contributed by atoms with van der Waals surface area (Å²) in [7, 11) is 3.28. The largest absolute Gasteiger partial charge is 0.493 e. The molecule has 130 valence electrons. The van der Waals surface area contributed by atoms with Crippen LogP contribution in [0, 0.1) is 13.8 Å². The van der Waals surface area contributed by atoms with Gasteiger partial charge >= 0.3 is 0 Å². The number of hydrogen-bond donors (Lipinski definition) is 1. The van der Waals surface area contributed by atoms with Gasteiger partial charge in [-0.3, -0.25) is 0 Å².